The molecular formula is C10H22O3Sn. The van der Waals surface area contributed by atoms with Gasteiger partial charge in [-0.05, 0) is 0 Å². The van der Waals surface area contributed by atoms with Crippen LogP contribution in [-0.4, -0.2) is 30.8 Å². The number of unbranched alkanes of at least 4 members (excludes halogenated alkanes) is 2. The van der Waals surface area contributed by atoms with E-state index >= 15 is 0 Å². The molecule has 14 heavy (non-hydrogen) atoms. The SMILES string of the molecule is CC(=O)O.CCC[CH2][Sn](=[O])[CH2]CCC. The summed E-state index contributed by atoms with van der Waals surface area (Å²) in [6.45, 7) is 5.41. The number of rotatable bonds is 6. The molecule has 0 aliphatic heterocycles. The Balaban J connectivity index is 0. The predicted octanol–water partition coefficient (Wildman–Crippen LogP) is 3.10. The minimum absolute atomic E-state index is 0.833. The Bertz CT molecular complexity index is 143. The molecular weight excluding hydrogens is 287 g/mol. The molecule has 0 saturated carbocycles. The molecule has 0 saturated heterocycles. The van der Waals surface area contributed by atoms with E-state index in [4.69, 9.17) is 9.90 Å². The Morgan fingerprint density at radius 1 is 1.14 bits per heavy atom. The van der Waals surface area contributed by atoms with E-state index in [0.717, 1.165) is 15.8 Å². The number of aliphatic carboxylic acids is 1. The zero-order valence-corrected chi connectivity index (χ0v) is 12.4. The van der Waals surface area contributed by atoms with E-state index in [1.165, 1.54) is 25.7 Å². The van der Waals surface area contributed by atoms with Crippen LogP contribution in [-0.2, 0) is 7.87 Å². The summed E-state index contributed by atoms with van der Waals surface area (Å²) >= 11 is -1.99. The number of hydrogen-bond acceptors (Lipinski definition) is 2. The topological polar surface area (TPSA) is 54.4 Å². The number of carbonyl (C=O) groups is 1. The molecule has 3 nitrogen and oxygen atoms in total. The van der Waals surface area contributed by atoms with Crippen LogP contribution in [0.3, 0.4) is 0 Å². The summed E-state index contributed by atoms with van der Waals surface area (Å²) in [4.78, 5) is 9.00. The van der Waals surface area contributed by atoms with Crippen molar-refractivity contribution in [1.29, 1.82) is 0 Å². The molecule has 0 aromatic rings. The van der Waals surface area contributed by atoms with Gasteiger partial charge in [0.2, 0.25) is 0 Å². The van der Waals surface area contributed by atoms with Crippen molar-refractivity contribution in [2.75, 3.05) is 0 Å². The van der Waals surface area contributed by atoms with E-state index in [2.05, 4.69) is 13.8 Å². The van der Waals surface area contributed by atoms with Gasteiger partial charge in [-0.2, -0.15) is 0 Å². The molecule has 0 aliphatic carbocycles. The molecule has 84 valence electrons. The van der Waals surface area contributed by atoms with Crippen molar-refractivity contribution in [3.05, 3.63) is 0 Å². The van der Waals surface area contributed by atoms with Gasteiger partial charge in [-0.25, -0.2) is 0 Å². The molecule has 0 bridgehead atoms. The molecule has 0 spiro atoms. The van der Waals surface area contributed by atoms with E-state index in [1.807, 2.05) is 0 Å². The van der Waals surface area contributed by atoms with E-state index in [9.17, 15) is 3.08 Å². The Morgan fingerprint density at radius 2 is 1.43 bits per heavy atom. The predicted molar refractivity (Wildman–Crippen MR) is 59.2 cm³/mol. The molecule has 0 fully saturated rings. The summed E-state index contributed by atoms with van der Waals surface area (Å²) in [6, 6.07) is 0. The van der Waals surface area contributed by atoms with Crippen molar-refractivity contribution in [2.45, 2.75) is 55.3 Å². The summed E-state index contributed by atoms with van der Waals surface area (Å²) in [5.74, 6) is -0.833. The van der Waals surface area contributed by atoms with Gasteiger partial charge in [0.15, 0.2) is 0 Å². The van der Waals surface area contributed by atoms with Crippen LogP contribution in [0, 0.1) is 0 Å². The maximum absolute atomic E-state index is 11.2. The average Bonchev–Trinajstić information content (AvgIpc) is 2.10. The second-order valence-corrected chi connectivity index (χ2v) is 9.19. The molecule has 0 aromatic heterocycles. The fourth-order valence-corrected chi connectivity index (χ4v) is 5.86. The molecule has 0 rings (SSSR count). The van der Waals surface area contributed by atoms with Crippen molar-refractivity contribution in [3.8, 4) is 0 Å². The summed E-state index contributed by atoms with van der Waals surface area (Å²) < 4.78 is 13.4. The first-order chi connectivity index (χ1) is 6.54. The van der Waals surface area contributed by atoms with Gasteiger partial charge in [0.1, 0.15) is 0 Å². The summed E-state index contributed by atoms with van der Waals surface area (Å²) in [5.41, 5.74) is 0. The summed E-state index contributed by atoms with van der Waals surface area (Å²) in [7, 11) is 0. The quantitative estimate of drug-likeness (QED) is 0.767. The van der Waals surface area contributed by atoms with Gasteiger partial charge >= 0.3 is 71.2 Å². The number of carboxylic acid groups (broad SMARTS) is 1. The Labute approximate surface area is 94.0 Å². The molecule has 0 aromatic carbocycles. The normalized spacial score (nSPS) is 8.79. The van der Waals surface area contributed by atoms with Crippen molar-refractivity contribution in [1.82, 2.24) is 0 Å². The van der Waals surface area contributed by atoms with Crippen molar-refractivity contribution in [2.24, 2.45) is 0 Å². The fraction of sp³-hybridized carbons (Fsp3) is 0.900. The van der Waals surface area contributed by atoms with Gasteiger partial charge in [0, 0.05) is 6.92 Å². The van der Waals surface area contributed by atoms with Gasteiger partial charge in [0.05, 0.1) is 0 Å². The third-order valence-electron chi connectivity index (χ3n) is 1.62. The average molecular weight is 309 g/mol. The van der Waals surface area contributed by atoms with E-state index in [-0.39, 0.29) is 0 Å². The van der Waals surface area contributed by atoms with E-state index in [1.54, 1.807) is 0 Å². The molecule has 0 radical (unpaired) electrons. The fourth-order valence-electron chi connectivity index (χ4n) is 0.873. The Hall–Kier alpha value is 0.0687. The van der Waals surface area contributed by atoms with Gasteiger partial charge in [-0.3, -0.25) is 4.79 Å². The molecule has 0 unspecified atom stereocenters. The van der Waals surface area contributed by atoms with Gasteiger partial charge in [-0.1, -0.05) is 0 Å². The minimum atomic E-state index is -1.99. The van der Waals surface area contributed by atoms with Crippen LogP contribution in [0.25, 0.3) is 0 Å². The number of carboxylic acids is 1. The van der Waals surface area contributed by atoms with Crippen molar-refractivity contribution < 1.29 is 13.0 Å². The molecule has 0 aliphatic rings. The second kappa shape index (κ2) is 13.1. The van der Waals surface area contributed by atoms with Crippen LogP contribution in [0.4, 0.5) is 0 Å². The Kier molecular flexibility index (Phi) is 15.4. The second-order valence-electron chi connectivity index (χ2n) is 3.26. The standard InChI is InChI=1S/2C4H9.C2H4O2.O.Sn/c2*1-3-4-2;1-2(3)4;;/h2*1,3-4H2,2H3;1H3,(H,3,4);;. The number of hydrogen-bond donors (Lipinski definition) is 1. The van der Waals surface area contributed by atoms with Gasteiger partial charge in [0.25, 0.3) is 5.97 Å². The summed E-state index contributed by atoms with van der Waals surface area (Å²) in [6.07, 6.45) is 4.81. The monoisotopic (exact) mass is 310 g/mol. The Morgan fingerprint density at radius 3 is 1.64 bits per heavy atom. The van der Waals surface area contributed by atoms with Crippen LogP contribution < -0.4 is 0 Å². The first-order valence-electron chi connectivity index (χ1n) is 5.25. The van der Waals surface area contributed by atoms with Gasteiger partial charge < -0.3 is 5.11 Å². The molecule has 4 heteroatoms. The molecule has 1 N–H and O–H groups in total. The van der Waals surface area contributed by atoms with Crippen molar-refractivity contribution >= 4 is 25.7 Å². The van der Waals surface area contributed by atoms with Crippen LogP contribution >= 0.6 is 0 Å². The maximum atomic E-state index is 11.2. The van der Waals surface area contributed by atoms with Crippen molar-refractivity contribution in [3.63, 3.8) is 0 Å². The zero-order valence-electron chi connectivity index (χ0n) is 9.51. The van der Waals surface area contributed by atoms with Crippen LogP contribution in [0.2, 0.25) is 8.87 Å². The van der Waals surface area contributed by atoms with E-state index in [0.29, 0.717) is 0 Å². The van der Waals surface area contributed by atoms with Crippen LogP contribution in [0.5, 0.6) is 0 Å². The molecule has 0 heterocycles. The first kappa shape index (κ1) is 16.5. The molecule has 0 amide bonds. The zero-order chi connectivity index (χ0) is 11.4. The van der Waals surface area contributed by atoms with Crippen LogP contribution in [0.15, 0.2) is 0 Å². The van der Waals surface area contributed by atoms with E-state index < -0.39 is 25.7 Å². The first-order valence-corrected chi connectivity index (χ1v) is 10.5. The third-order valence-corrected chi connectivity index (χ3v) is 6.82. The third kappa shape index (κ3) is 22.7. The van der Waals surface area contributed by atoms with Gasteiger partial charge in [-0.15, -0.1) is 0 Å². The van der Waals surface area contributed by atoms with Crippen LogP contribution in [0.1, 0.15) is 46.5 Å². The molecule has 0 atom stereocenters. The summed E-state index contributed by atoms with van der Waals surface area (Å²) in [5, 5.41) is 7.42.